The number of anilines is 1. The van der Waals surface area contributed by atoms with E-state index in [2.05, 4.69) is 11.1 Å². The highest BCUT2D eigenvalue weighted by molar-refractivity contribution is 7.99. The van der Waals surface area contributed by atoms with Crippen LogP contribution in [-0.4, -0.2) is 15.3 Å². The molecule has 0 aliphatic rings. The molecule has 0 spiro atoms. The largest absolute Gasteiger partial charge is 0.399 e. The summed E-state index contributed by atoms with van der Waals surface area (Å²) >= 11 is 1.76. The predicted octanol–water partition coefficient (Wildman–Crippen LogP) is 3.09. The van der Waals surface area contributed by atoms with Crippen molar-refractivity contribution >= 4 is 28.5 Å². The number of H-pyrrole nitrogens is 1. The molecule has 3 aromatic rings. The first kappa shape index (κ1) is 13.8. The average molecular weight is 299 g/mol. The van der Waals surface area contributed by atoms with Crippen molar-refractivity contribution in [3.05, 3.63) is 59.0 Å². The van der Waals surface area contributed by atoms with Crippen LogP contribution in [0.15, 0.2) is 58.2 Å². The van der Waals surface area contributed by atoms with Crippen LogP contribution in [0, 0.1) is 0 Å². The third-order valence-corrected chi connectivity index (χ3v) is 4.41. The molecule has 0 radical (unpaired) electrons. The topological polar surface area (TPSA) is 63.8 Å². The number of imidazole rings is 1. The number of nitrogens with two attached hydrogens (primary N) is 1. The standard InChI is InChI=1S/C16H17N3OS/c17-12-5-3-6-13(11-12)21-10-4-9-19-15-8-2-1-7-14(15)18-16(19)20/h1-3,5-8,11H,4,9-10,17H2,(H,18,20). The molecule has 3 N–H and O–H groups in total. The van der Waals surface area contributed by atoms with Gasteiger partial charge in [0.05, 0.1) is 11.0 Å². The van der Waals surface area contributed by atoms with Crippen molar-refractivity contribution in [3.63, 3.8) is 0 Å². The van der Waals surface area contributed by atoms with E-state index in [0.717, 1.165) is 35.4 Å². The number of hydrogen-bond donors (Lipinski definition) is 2. The van der Waals surface area contributed by atoms with Gasteiger partial charge in [0, 0.05) is 17.1 Å². The number of aryl methyl sites for hydroxylation is 1. The van der Waals surface area contributed by atoms with Crippen molar-refractivity contribution in [1.82, 2.24) is 9.55 Å². The Kier molecular flexibility index (Phi) is 4.01. The van der Waals surface area contributed by atoms with Crippen molar-refractivity contribution in [3.8, 4) is 0 Å². The highest BCUT2D eigenvalue weighted by Crippen LogP contribution is 2.21. The highest BCUT2D eigenvalue weighted by atomic mass is 32.2. The van der Waals surface area contributed by atoms with Gasteiger partial charge in [-0.3, -0.25) is 4.57 Å². The van der Waals surface area contributed by atoms with E-state index in [1.807, 2.05) is 42.5 Å². The highest BCUT2D eigenvalue weighted by Gasteiger charge is 2.05. The molecular formula is C16H17N3OS. The third-order valence-electron chi connectivity index (χ3n) is 3.33. The molecule has 1 aromatic heterocycles. The van der Waals surface area contributed by atoms with Crippen molar-refractivity contribution in [2.45, 2.75) is 17.9 Å². The number of hydrogen-bond acceptors (Lipinski definition) is 3. The van der Waals surface area contributed by atoms with Gasteiger partial charge in [-0.05, 0) is 42.5 Å². The van der Waals surface area contributed by atoms with Gasteiger partial charge in [0.15, 0.2) is 0 Å². The molecule has 3 rings (SSSR count). The predicted molar refractivity (Wildman–Crippen MR) is 88.8 cm³/mol. The van der Waals surface area contributed by atoms with Gasteiger partial charge in [0.2, 0.25) is 0 Å². The number of rotatable bonds is 5. The van der Waals surface area contributed by atoms with E-state index in [0.29, 0.717) is 0 Å². The summed E-state index contributed by atoms with van der Waals surface area (Å²) in [6.45, 7) is 0.720. The second-order valence-corrected chi connectivity index (χ2v) is 6.04. The zero-order chi connectivity index (χ0) is 14.7. The molecule has 5 heteroatoms. The number of benzene rings is 2. The van der Waals surface area contributed by atoms with Gasteiger partial charge in [-0.1, -0.05) is 18.2 Å². The molecule has 0 unspecified atom stereocenters. The van der Waals surface area contributed by atoms with Gasteiger partial charge in [-0.2, -0.15) is 0 Å². The fraction of sp³-hybridized carbons (Fsp3) is 0.188. The van der Waals surface area contributed by atoms with Crippen LogP contribution in [0.2, 0.25) is 0 Å². The number of fused-ring (bicyclic) bond motifs is 1. The van der Waals surface area contributed by atoms with E-state index in [4.69, 9.17) is 5.73 Å². The maximum atomic E-state index is 11.9. The van der Waals surface area contributed by atoms with E-state index < -0.39 is 0 Å². The Bertz CT molecular complexity index is 806. The van der Waals surface area contributed by atoms with Gasteiger partial charge in [0.25, 0.3) is 0 Å². The summed E-state index contributed by atoms with van der Waals surface area (Å²) in [7, 11) is 0. The van der Waals surface area contributed by atoms with Crippen molar-refractivity contribution in [1.29, 1.82) is 0 Å². The van der Waals surface area contributed by atoms with Crippen molar-refractivity contribution in [2.75, 3.05) is 11.5 Å². The zero-order valence-corrected chi connectivity index (χ0v) is 12.4. The minimum absolute atomic E-state index is 0.0369. The fourth-order valence-corrected chi connectivity index (χ4v) is 3.25. The molecule has 0 saturated heterocycles. The van der Waals surface area contributed by atoms with Gasteiger partial charge in [-0.25, -0.2) is 4.79 Å². The summed E-state index contributed by atoms with van der Waals surface area (Å²) in [5, 5.41) is 0. The monoisotopic (exact) mass is 299 g/mol. The molecule has 108 valence electrons. The van der Waals surface area contributed by atoms with Crippen LogP contribution in [0.3, 0.4) is 0 Å². The molecule has 0 fully saturated rings. The van der Waals surface area contributed by atoms with E-state index in [1.54, 1.807) is 16.3 Å². The average Bonchev–Trinajstić information content (AvgIpc) is 2.79. The second-order valence-electron chi connectivity index (χ2n) is 4.87. The van der Waals surface area contributed by atoms with Gasteiger partial charge in [-0.15, -0.1) is 11.8 Å². The molecule has 21 heavy (non-hydrogen) atoms. The molecule has 0 aliphatic heterocycles. The lowest BCUT2D eigenvalue weighted by Crippen LogP contribution is -2.17. The maximum Gasteiger partial charge on any atom is 0.326 e. The van der Waals surface area contributed by atoms with Crippen molar-refractivity contribution in [2.24, 2.45) is 0 Å². The van der Waals surface area contributed by atoms with Crippen LogP contribution in [0.4, 0.5) is 5.69 Å². The summed E-state index contributed by atoms with van der Waals surface area (Å²) in [5.41, 5.74) is 8.37. The quantitative estimate of drug-likeness (QED) is 0.432. The molecule has 2 aromatic carbocycles. The third kappa shape index (κ3) is 3.13. The number of para-hydroxylation sites is 2. The molecular weight excluding hydrogens is 282 g/mol. The van der Waals surface area contributed by atoms with E-state index >= 15 is 0 Å². The number of nitrogen functional groups attached to an aromatic ring is 1. The first-order chi connectivity index (χ1) is 10.2. The number of nitrogens with zero attached hydrogens (tertiary/aromatic N) is 1. The Morgan fingerprint density at radius 2 is 2.00 bits per heavy atom. The molecule has 0 amide bonds. The smallest absolute Gasteiger partial charge is 0.326 e. The van der Waals surface area contributed by atoms with Crippen LogP contribution in [0.25, 0.3) is 11.0 Å². The summed E-state index contributed by atoms with van der Waals surface area (Å²) in [6, 6.07) is 15.7. The Hall–Kier alpha value is -2.14. The number of aromatic nitrogens is 2. The fourth-order valence-electron chi connectivity index (χ4n) is 2.35. The van der Waals surface area contributed by atoms with Gasteiger partial charge < -0.3 is 10.7 Å². The Morgan fingerprint density at radius 1 is 1.14 bits per heavy atom. The van der Waals surface area contributed by atoms with Crippen LogP contribution in [-0.2, 0) is 6.54 Å². The molecule has 0 saturated carbocycles. The first-order valence-corrected chi connectivity index (χ1v) is 7.88. The summed E-state index contributed by atoms with van der Waals surface area (Å²) in [4.78, 5) is 16.0. The minimum atomic E-state index is -0.0369. The van der Waals surface area contributed by atoms with Crippen LogP contribution >= 0.6 is 11.8 Å². The van der Waals surface area contributed by atoms with Gasteiger partial charge >= 0.3 is 5.69 Å². The van der Waals surface area contributed by atoms with Crippen molar-refractivity contribution < 1.29 is 0 Å². The molecule has 0 bridgehead atoms. The van der Waals surface area contributed by atoms with Crippen LogP contribution in [0.5, 0.6) is 0 Å². The molecule has 1 heterocycles. The molecule has 0 aliphatic carbocycles. The lowest BCUT2D eigenvalue weighted by molar-refractivity contribution is 0.679. The SMILES string of the molecule is Nc1cccc(SCCCn2c(=O)[nH]c3ccccc32)c1. The second kappa shape index (κ2) is 6.10. The summed E-state index contributed by atoms with van der Waals surface area (Å²) in [5.74, 6) is 0.954. The maximum absolute atomic E-state index is 11.9. The van der Waals surface area contributed by atoms with E-state index in [-0.39, 0.29) is 5.69 Å². The Labute approximate surface area is 127 Å². The summed E-state index contributed by atoms with van der Waals surface area (Å²) in [6.07, 6.45) is 0.932. The minimum Gasteiger partial charge on any atom is -0.399 e. The Morgan fingerprint density at radius 3 is 2.86 bits per heavy atom. The lowest BCUT2D eigenvalue weighted by Gasteiger charge is -2.04. The van der Waals surface area contributed by atoms with Crippen LogP contribution in [0.1, 0.15) is 6.42 Å². The number of thioether (sulfide) groups is 1. The van der Waals surface area contributed by atoms with Crippen LogP contribution < -0.4 is 11.4 Å². The normalized spacial score (nSPS) is 11.0. The summed E-state index contributed by atoms with van der Waals surface area (Å²) < 4.78 is 1.80. The van der Waals surface area contributed by atoms with E-state index in [1.165, 1.54) is 4.90 Å². The Balaban J connectivity index is 1.62. The number of aromatic amines is 1. The number of nitrogens with one attached hydrogen (secondary N) is 1. The lowest BCUT2D eigenvalue weighted by atomic mass is 10.3. The van der Waals surface area contributed by atoms with Gasteiger partial charge in [0.1, 0.15) is 0 Å². The molecule has 0 atom stereocenters. The van der Waals surface area contributed by atoms with E-state index in [9.17, 15) is 4.79 Å². The zero-order valence-electron chi connectivity index (χ0n) is 11.6. The first-order valence-electron chi connectivity index (χ1n) is 6.90. The molecule has 4 nitrogen and oxygen atoms in total.